The van der Waals surface area contributed by atoms with Crippen LogP contribution in [0.2, 0.25) is 0 Å². The summed E-state index contributed by atoms with van der Waals surface area (Å²) < 4.78 is 0. The molecule has 1 aromatic carbocycles. The van der Waals surface area contributed by atoms with E-state index in [0.29, 0.717) is 0 Å². The number of nitrogens with one attached hydrogen (secondary N) is 1. The minimum absolute atomic E-state index is 0.873. The third kappa shape index (κ3) is 21.0. The van der Waals surface area contributed by atoms with E-state index >= 15 is 0 Å². The highest BCUT2D eigenvalue weighted by Gasteiger charge is 1.94. The highest BCUT2D eigenvalue weighted by Crippen LogP contribution is 2.13. The Morgan fingerprint density at radius 1 is 0.630 bits per heavy atom. The zero-order valence-electron chi connectivity index (χ0n) is 18.1. The van der Waals surface area contributed by atoms with Gasteiger partial charge in [0.1, 0.15) is 0 Å². The van der Waals surface area contributed by atoms with Crippen molar-refractivity contribution < 1.29 is 0 Å². The molecule has 0 atom stereocenters. The largest absolute Gasteiger partial charge is 0.330 e. The summed E-state index contributed by atoms with van der Waals surface area (Å²) in [5, 5.41) is 6.82. The fourth-order valence-corrected chi connectivity index (χ4v) is 3.24. The van der Waals surface area contributed by atoms with Crippen molar-refractivity contribution in [3.05, 3.63) is 35.9 Å². The molecule has 2 heteroatoms. The molecule has 0 fully saturated rings. The van der Waals surface area contributed by atoms with Crippen LogP contribution in [-0.4, -0.2) is 12.8 Å². The Kier molecular flexibility index (Phi) is 21.9. The van der Waals surface area contributed by atoms with Gasteiger partial charge in [-0.15, -0.1) is 0 Å². The molecule has 156 valence electrons. The van der Waals surface area contributed by atoms with Crippen LogP contribution in [0, 0.1) is 5.41 Å². The van der Waals surface area contributed by atoms with Crippen LogP contribution in [0.3, 0.4) is 0 Å². The van der Waals surface area contributed by atoms with Crippen molar-refractivity contribution in [3.8, 4) is 0 Å². The number of hydrogen-bond donors (Lipinski definition) is 2. The lowest BCUT2D eigenvalue weighted by Gasteiger charge is -2.03. The standard InChI is InChI=1S/C18H39N.C7H7N/c1-2-3-4-5-6-7-8-9-10-11-12-13-14-15-16-17-18-19;8-6-7-4-2-1-3-5-7/h2-19H2,1H3;1-6,8H. The van der Waals surface area contributed by atoms with E-state index in [0.717, 1.165) is 12.1 Å². The highest BCUT2D eigenvalue weighted by atomic mass is 14.5. The van der Waals surface area contributed by atoms with Gasteiger partial charge in [0.2, 0.25) is 0 Å². The molecule has 0 aromatic heterocycles. The third-order valence-corrected chi connectivity index (χ3v) is 5.02. The fourth-order valence-electron chi connectivity index (χ4n) is 3.24. The van der Waals surface area contributed by atoms with E-state index in [9.17, 15) is 0 Å². The van der Waals surface area contributed by atoms with Crippen molar-refractivity contribution in [2.24, 2.45) is 5.73 Å². The lowest BCUT2D eigenvalue weighted by molar-refractivity contribution is 0.530. The zero-order chi connectivity index (χ0) is 19.8. The van der Waals surface area contributed by atoms with E-state index in [2.05, 4.69) is 6.92 Å². The molecule has 0 radical (unpaired) electrons. The van der Waals surface area contributed by atoms with Crippen molar-refractivity contribution in [1.29, 1.82) is 5.41 Å². The summed E-state index contributed by atoms with van der Waals surface area (Å²) >= 11 is 0. The molecule has 0 heterocycles. The monoisotopic (exact) mass is 374 g/mol. The molecule has 0 unspecified atom stereocenters. The second kappa shape index (κ2) is 22.9. The first-order chi connectivity index (χ1) is 13.3. The first-order valence-corrected chi connectivity index (χ1v) is 11.6. The van der Waals surface area contributed by atoms with Crippen molar-refractivity contribution >= 4 is 6.21 Å². The van der Waals surface area contributed by atoms with Gasteiger partial charge in [-0.05, 0) is 18.5 Å². The fraction of sp³-hybridized carbons (Fsp3) is 0.720. The number of hydrogen-bond acceptors (Lipinski definition) is 2. The van der Waals surface area contributed by atoms with Crippen LogP contribution in [0.4, 0.5) is 0 Å². The van der Waals surface area contributed by atoms with Gasteiger partial charge in [0.05, 0.1) is 0 Å². The van der Waals surface area contributed by atoms with E-state index in [1.165, 1.54) is 109 Å². The van der Waals surface area contributed by atoms with Crippen molar-refractivity contribution in [3.63, 3.8) is 0 Å². The van der Waals surface area contributed by atoms with E-state index < -0.39 is 0 Å². The van der Waals surface area contributed by atoms with Gasteiger partial charge in [0, 0.05) is 6.21 Å². The number of unbranched alkanes of at least 4 members (excludes halogenated alkanes) is 15. The maximum Gasteiger partial charge on any atom is 0.0250 e. The quantitative estimate of drug-likeness (QED) is 0.211. The second-order valence-corrected chi connectivity index (χ2v) is 7.65. The predicted molar refractivity (Wildman–Crippen MR) is 123 cm³/mol. The van der Waals surface area contributed by atoms with Crippen LogP contribution in [0.15, 0.2) is 30.3 Å². The zero-order valence-corrected chi connectivity index (χ0v) is 18.1. The Morgan fingerprint density at radius 2 is 1.00 bits per heavy atom. The summed E-state index contributed by atoms with van der Waals surface area (Å²) in [6.07, 6.45) is 24.2. The molecular weight excluding hydrogens is 328 g/mol. The number of rotatable bonds is 17. The first kappa shape index (κ1) is 25.9. The second-order valence-electron chi connectivity index (χ2n) is 7.65. The maximum absolute atomic E-state index is 6.82. The molecule has 1 rings (SSSR count). The van der Waals surface area contributed by atoms with Gasteiger partial charge >= 0.3 is 0 Å². The molecule has 0 amide bonds. The smallest absolute Gasteiger partial charge is 0.0250 e. The summed E-state index contributed by atoms with van der Waals surface area (Å²) in [4.78, 5) is 0. The molecule has 0 saturated heterocycles. The first-order valence-electron chi connectivity index (χ1n) is 11.6. The van der Waals surface area contributed by atoms with Gasteiger partial charge in [0.25, 0.3) is 0 Å². The minimum atomic E-state index is 0.873. The molecular formula is C25H46N2. The lowest BCUT2D eigenvalue weighted by Crippen LogP contribution is -1.97. The Hall–Kier alpha value is -1.15. The Labute approximate surface area is 169 Å². The molecule has 2 nitrogen and oxygen atoms in total. The molecule has 0 aliphatic rings. The minimum Gasteiger partial charge on any atom is -0.330 e. The van der Waals surface area contributed by atoms with Gasteiger partial charge in [0.15, 0.2) is 0 Å². The van der Waals surface area contributed by atoms with Gasteiger partial charge in [-0.25, -0.2) is 0 Å². The summed E-state index contributed by atoms with van der Waals surface area (Å²) in [6, 6.07) is 9.56. The van der Waals surface area contributed by atoms with E-state index in [-0.39, 0.29) is 0 Å². The molecule has 0 aliphatic heterocycles. The van der Waals surface area contributed by atoms with Crippen LogP contribution >= 0.6 is 0 Å². The van der Waals surface area contributed by atoms with Crippen LogP contribution < -0.4 is 5.73 Å². The van der Waals surface area contributed by atoms with Gasteiger partial charge in [-0.3, -0.25) is 0 Å². The SMILES string of the molecule is CCCCCCCCCCCCCCCCCCN.N=Cc1ccccc1. The summed E-state index contributed by atoms with van der Waals surface area (Å²) in [6.45, 7) is 3.16. The Morgan fingerprint density at radius 3 is 1.30 bits per heavy atom. The van der Waals surface area contributed by atoms with Crippen LogP contribution in [-0.2, 0) is 0 Å². The summed E-state index contributed by atoms with van der Waals surface area (Å²) in [5.74, 6) is 0. The lowest BCUT2D eigenvalue weighted by atomic mass is 10.0. The number of nitrogens with two attached hydrogens (primary N) is 1. The molecule has 0 bridgehead atoms. The molecule has 27 heavy (non-hydrogen) atoms. The highest BCUT2D eigenvalue weighted by molar-refractivity contribution is 5.76. The number of benzene rings is 1. The molecule has 0 aliphatic carbocycles. The predicted octanol–water partition coefficient (Wildman–Crippen LogP) is 7.89. The Bertz CT molecular complexity index is 373. The van der Waals surface area contributed by atoms with Gasteiger partial charge in [-0.1, -0.05) is 134 Å². The van der Waals surface area contributed by atoms with Crippen molar-refractivity contribution in [2.45, 2.75) is 110 Å². The van der Waals surface area contributed by atoms with E-state index in [4.69, 9.17) is 11.1 Å². The van der Waals surface area contributed by atoms with E-state index in [1.807, 2.05) is 30.3 Å². The molecule has 1 aromatic rings. The van der Waals surface area contributed by atoms with Crippen LogP contribution in [0.1, 0.15) is 115 Å². The molecule has 0 spiro atoms. The van der Waals surface area contributed by atoms with E-state index in [1.54, 1.807) is 0 Å². The average Bonchev–Trinajstić information content (AvgIpc) is 2.72. The summed E-state index contributed by atoms with van der Waals surface area (Å²) in [5.41, 5.74) is 6.43. The molecule has 0 saturated carbocycles. The molecule has 3 N–H and O–H groups in total. The van der Waals surface area contributed by atoms with Crippen LogP contribution in [0.5, 0.6) is 0 Å². The topological polar surface area (TPSA) is 49.9 Å². The maximum atomic E-state index is 6.82. The third-order valence-electron chi connectivity index (χ3n) is 5.02. The van der Waals surface area contributed by atoms with Gasteiger partial charge < -0.3 is 11.1 Å². The van der Waals surface area contributed by atoms with Crippen molar-refractivity contribution in [1.82, 2.24) is 0 Å². The van der Waals surface area contributed by atoms with Crippen LogP contribution in [0.25, 0.3) is 0 Å². The Balaban J connectivity index is 0.000000694. The van der Waals surface area contributed by atoms with Crippen molar-refractivity contribution in [2.75, 3.05) is 6.54 Å². The normalized spacial score (nSPS) is 10.3. The summed E-state index contributed by atoms with van der Waals surface area (Å²) in [7, 11) is 0. The van der Waals surface area contributed by atoms with Gasteiger partial charge in [-0.2, -0.15) is 0 Å². The average molecular weight is 375 g/mol.